The van der Waals surface area contributed by atoms with Gasteiger partial charge in [-0.05, 0) is 55.9 Å². The summed E-state index contributed by atoms with van der Waals surface area (Å²) in [5.41, 5.74) is 3.41. The van der Waals surface area contributed by atoms with Crippen molar-refractivity contribution in [2.75, 3.05) is 26.3 Å². The summed E-state index contributed by atoms with van der Waals surface area (Å²) in [6.07, 6.45) is 4.46. The van der Waals surface area contributed by atoms with E-state index in [0.29, 0.717) is 6.54 Å². The number of ether oxygens (including phenoxy) is 1. The molecule has 1 fully saturated rings. The van der Waals surface area contributed by atoms with Gasteiger partial charge in [0.25, 0.3) is 5.56 Å². The van der Waals surface area contributed by atoms with E-state index in [4.69, 9.17) is 9.72 Å². The highest BCUT2D eigenvalue weighted by Crippen LogP contribution is 2.34. The highest BCUT2D eigenvalue weighted by molar-refractivity contribution is 7.18. The van der Waals surface area contributed by atoms with Crippen molar-refractivity contribution in [3.63, 3.8) is 0 Å². The monoisotopic (exact) mass is 395 g/mol. The molecule has 2 aliphatic rings. The zero-order valence-electron chi connectivity index (χ0n) is 16.2. The predicted molar refractivity (Wildman–Crippen MR) is 113 cm³/mol. The highest BCUT2D eigenvalue weighted by atomic mass is 32.1. The third-order valence-corrected chi connectivity index (χ3v) is 6.97. The van der Waals surface area contributed by atoms with Crippen molar-refractivity contribution < 1.29 is 4.74 Å². The second kappa shape index (κ2) is 7.43. The minimum atomic E-state index is 0.0956. The summed E-state index contributed by atoms with van der Waals surface area (Å²) in [5.74, 6) is 0.837. The zero-order valence-corrected chi connectivity index (χ0v) is 17.1. The summed E-state index contributed by atoms with van der Waals surface area (Å²) in [5, 5.41) is 0.854. The number of aromatic nitrogens is 2. The van der Waals surface area contributed by atoms with Crippen molar-refractivity contribution in [2.24, 2.45) is 0 Å². The van der Waals surface area contributed by atoms with Crippen molar-refractivity contribution in [3.05, 3.63) is 56.4 Å². The number of hydrogen-bond donors (Lipinski definition) is 0. The van der Waals surface area contributed by atoms with E-state index in [1.54, 1.807) is 11.3 Å². The van der Waals surface area contributed by atoms with Crippen LogP contribution in [-0.2, 0) is 24.1 Å². The van der Waals surface area contributed by atoms with Crippen LogP contribution in [-0.4, -0.2) is 40.8 Å². The van der Waals surface area contributed by atoms with E-state index in [9.17, 15) is 4.79 Å². The topological polar surface area (TPSA) is 47.4 Å². The van der Waals surface area contributed by atoms with E-state index >= 15 is 0 Å². The second-order valence-corrected chi connectivity index (χ2v) is 8.87. The summed E-state index contributed by atoms with van der Waals surface area (Å²) in [4.78, 5) is 23.4. The van der Waals surface area contributed by atoms with Gasteiger partial charge in [0.1, 0.15) is 10.7 Å². The molecule has 2 aromatic heterocycles. The molecule has 0 amide bonds. The van der Waals surface area contributed by atoms with Crippen LogP contribution in [0.4, 0.5) is 0 Å². The molecule has 0 spiro atoms. The molecule has 3 aromatic rings. The van der Waals surface area contributed by atoms with Gasteiger partial charge < -0.3 is 4.74 Å². The summed E-state index contributed by atoms with van der Waals surface area (Å²) in [6.45, 7) is 5.97. The minimum absolute atomic E-state index is 0.0956. The first kappa shape index (κ1) is 18.0. The van der Waals surface area contributed by atoms with Gasteiger partial charge in [0.2, 0.25) is 0 Å². The molecule has 1 aromatic carbocycles. The molecule has 5 nitrogen and oxygen atoms in total. The summed E-state index contributed by atoms with van der Waals surface area (Å²) in [7, 11) is 0. The SMILES string of the molecule is Cc1cccc(-n2c(CN3CCOCC3)nc3sc4c(c3c2=O)CCCC4)c1. The summed E-state index contributed by atoms with van der Waals surface area (Å²) >= 11 is 1.73. The Morgan fingerprint density at radius 3 is 2.82 bits per heavy atom. The van der Waals surface area contributed by atoms with E-state index in [2.05, 4.69) is 24.0 Å². The fourth-order valence-electron chi connectivity index (χ4n) is 4.35. The summed E-state index contributed by atoms with van der Waals surface area (Å²) < 4.78 is 7.34. The van der Waals surface area contributed by atoms with Crippen LogP contribution in [0.25, 0.3) is 15.9 Å². The van der Waals surface area contributed by atoms with E-state index in [-0.39, 0.29) is 5.56 Å². The smallest absolute Gasteiger partial charge is 0.267 e. The molecular weight excluding hydrogens is 370 g/mol. The van der Waals surface area contributed by atoms with Crippen molar-refractivity contribution in [2.45, 2.75) is 39.2 Å². The molecule has 146 valence electrons. The Hall–Kier alpha value is -2.02. The maximum absolute atomic E-state index is 13.7. The van der Waals surface area contributed by atoms with Crippen LogP contribution in [0.15, 0.2) is 29.1 Å². The van der Waals surface area contributed by atoms with Gasteiger partial charge in [-0.15, -0.1) is 11.3 Å². The number of rotatable bonds is 3. The van der Waals surface area contributed by atoms with Crippen molar-refractivity contribution in [3.8, 4) is 5.69 Å². The molecule has 0 saturated carbocycles. The first-order chi connectivity index (χ1) is 13.7. The third kappa shape index (κ3) is 3.19. The average molecular weight is 396 g/mol. The first-order valence-electron chi connectivity index (χ1n) is 10.1. The Morgan fingerprint density at radius 2 is 2.00 bits per heavy atom. The van der Waals surface area contributed by atoms with Crippen LogP contribution in [0.3, 0.4) is 0 Å². The van der Waals surface area contributed by atoms with E-state index in [0.717, 1.165) is 72.9 Å². The van der Waals surface area contributed by atoms with Gasteiger partial charge in [-0.25, -0.2) is 4.98 Å². The number of thiophene rings is 1. The standard InChI is InChI=1S/C22H25N3O2S/c1-15-5-4-6-16(13-15)25-19(14-24-9-11-27-12-10-24)23-21-20(22(25)26)17-7-2-3-8-18(17)28-21/h4-6,13H,2-3,7-12,14H2,1H3. The van der Waals surface area contributed by atoms with E-state index < -0.39 is 0 Å². The molecule has 1 saturated heterocycles. The second-order valence-electron chi connectivity index (χ2n) is 7.79. The summed E-state index contributed by atoms with van der Waals surface area (Å²) in [6, 6.07) is 8.18. The molecule has 5 rings (SSSR count). The van der Waals surface area contributed by atoms with Crippen LogP contribution in [0.2, 0.25) is 0 Å². The van der Waals surface area contributed by atoms with E-state index in [1.807, 2.05) is 16.7 Å². The van der Waals surface area contributed by atoms with E-state index in [1.165, 1.54) is 16.9 Å². The quantitative estimate of drug-likeness (QED) is 0.681. The van der Waals surface area contributed by atoms with Crippen molar-refractivity contribution in [1.29, 1.82) is 0 Å². The lowest BCUT2D eigenvalue weighted by Gasteiger charge is -2.27. The predicted octanol–water partition coefficient (Wildman–Crippen LogP) is 3.47. The fourth-order valence-corrected chi connectivity index (χ4v) is 5.62. The number of nitrogens with zero attached hydrogens (tertiary/aromatic N) is 3. The van der Waals surface area contributed by atoms with Gasteiger partial charge >= 0.3 is 0 Å². The molecule has 0 unspecified atom stereocenters. The van der Waals surface area contributed by atoms with Crippen LogP contribution < -0.4 is 5.56 Å². The van der Waals surface area contributed by atoms with Crippen LogP contribution >= 0.6 is 11.3 Å². The van der Waals surface area contributed by atoms with Crippen LogP contribution in [0.1, 0.15) is 34.7 Å². The lowest BCUT2D eigenvalue weighted by molar-refractivity contribution is 0.0327. The molecule has 0 radical (unpaired) electrons. The third-order valence-electron chi connectivity index (χ3n) is 5.79. The largest absolute Gasteiger partial charge is 0.379 e. The molecule has 0 atom stereocenters. The number of benzene rings is 1. The lowest BCUT2D eigenvalue weighted by Crippen LogP contribution is -2.38. The van der Waals surface area contributed by atoms with Gasteiger partial charge in [-0.1, -0.05) is 12.1 Å². The normalized spacial score (nSPS) is 17.8. The van der Waals surface area contributed by atoms with Gasteiger partial charge in [-0.2, -0.15) is 0 Å². The Balaban J connectivity index is 1.71. The first-order valence-corrected chi connectivity index (χ1v) is 11.0. The highest BCUT2D eigenvalue weighted by Gasteiger charge is 2.24. The zero-order chi connectivity index (χ0) is 19.1. The molecule has 28 heavy (non-hydrogen) atoms. The average Bonchev–Trinajstić information content (AvgIpc) is 3.07. The fraction of sp³-hybridized carbons (Fsp3) is 0.455. The van der Waals surface area contributed by atoms with Gasteiger partial charge in [0.05, 0.1) is 30.8 Å². The Labute approximate surface area is 168 Å². The van der Waals surface area contributed by atoms with Crippen molar-refractivity contribution >= 4 is 21.6 Å². The number of hydrogen-bond acceptors (Lipinski definition) is 5. The Kier molecular flexibility index (Phi) is 4.78. The van der Waals surface area contributed by atoms with Crippen molar-refractivity contribution in [1.82, 2.24) is 14.5 Å². The maximum atomic E-state index is 13.7. The molecule has 3 heterocycles. The Bertz CT molecular complexity index is 1080. The molecular formula is C22H25N3O2S. The molecule has 0 bridgehead atoms. The molecule has 0 N–H and O–H groups in total. The van der Waals surface area contributed by atoms with Gasteiger partial charge in [-0.3, -0.25) is 14.3 Å². The number of aryl methyl sites for hydroxylation is 3. The number of morpholine rings is 1. The number of fused-ring (bicyclic) bond motifs is 3. The minimum Gasteiger partial charge on any atom is -0.379 e. The maximum Gasteiger partial charge on any atom is 0.267 e. The van der Waals surface area contributed by atoms with Crippen LogP contribution in [0.5, 0.6) is 0 Å². The lowest BCUT2D eigenvalue weighted by atomic mass is 9.97. The van der Waals surface area contributed by atoms with Gasteiger partial charge in [0.15, 0.2) is 0 Å². The molecule has 1 aliphatic carbocycles. The Morgan fingerprint density at radius 1 is 1.18 bits per heavy atom. The molecule has 1 aliphatic heterocycles. The molecule has 6 heteroatoms. The van der Waals surface area contributed by atoms with Crippen LogP contribution in [0, 0.1) is 6.92 Å². The van der Waals surface area contributed by atoms with Gasteiger partial charge in [0, 0.05) is 18.0 Å².